The third-order valence-corrected chi connectivity index (χ3v) is 7.99. The van der Waals surface area contributed by atoms with E-state index in [0.717, 1.165) is 0 Å². The Kier molecular flexibility index (Phi) is 8.02. The van der Waals surface area contributed by atoms with Crippen molar-refractivity contribution in [3.05, 3.63) is 59.2 Å². The molecular formula is C32H34O11. The molecule has 0 saturated carbocycles. The van der Waals surface area contributed by atoms with Crippen molar-refractivity contribution in [2.45, 2.75) is 38.6 Å². The fourth-order valence-corrected chi connectivity index (χ4v) is 5.75. The van der Waals surface area contributed by atoms with Gasteiger partial charge in [-0.2, -0.15) is 0 Å². The van der Waals surface area contributed by atoms with Crippen LogP contribution in [0.2, 0.25) is 0 Å². The Bertz CT molecular complexity index is 1550. The molecule has 11 heteroatoms. The van der Waals surface area contributed by atoms with E-state index in [1.54, 1.807) is 49.4 Å². The molecule has 0 fully saturated rings. The molecule has 5 rings (SSSR count). The summed E-state index contributed by atoms with van der Waals surface area (Å²) in [7, 11) is 5.84. The van der Waals surface area contributed by atoms with E-state index in [1.807, 2.05) is 0 Å². The van der Waals surface area contributed by atoms with E-state index in [2.05, 4.69) is 0 Å². The van der Waals surface area contributed by atoms with Crippen LogP contribution in [0.25, 0.3) is 11.1 Å². The Labute approximate surface area is 249 Å². The van der Waals surface area contributed by atoms with Crippen LogP contribution < -0.4 is 28.4 Å². The number of aliphatic hydroxyl groups is 1. The van der Waals surface area contributed by atoms with Crippen LogP contribution in [0.1, 0.15) is 54.5 Å². The molecule has 1 heterocycles. The minimum Gasteiger partial charge on any atom is -0.493 e. The maximum Gasteiger partial charge on any atom is 0.338 e. The molecule has 0 amide bonds. The minimum atomic E-state index is -1.83. The summed E-state index contributed by atoms with van der Waals surface area (Å²) in [6, 6.07) is 11.7. The van der Waals surface area contributed by atoms with Crippen LogP contribution in [0.4, 0.5) is 0 Å². The lowest BCUT2D eigenvalue weighted by molar-refractivity contribution is -0.166. The zero-order valence-corrected chi connectivity index (χ0v) is 25.0. The van der Waals surface area contributed by atoms with Gasteiger partial charge in [-0.05, 0) is 31.2 Å². The van der Waals surface area contributed by atoms with E-state index in [4.69, 9.17) is 37.9 Å². The fourth-order valence-electron chi connectivity index (χ4n) is 5.75. The van der Waals surface area contributed by atoms with E-state index in [9.17, 15) is 14.7 Å². The summed E-state index contributed by atoms with van der Waals surface area (Å²) in [6.45, 7) is 4.45. The Hall–Kier alpha value is -4.64. The molecule has 0 radical (unpaired) electrons. The molecule has 4 atom stereocenters. The number of hydrogen-bond donors (Lipinski definition) is 1. The molecular weight excluding hydrogens is 560 g/mol. The van der Waals surface area contributed by atoms with Crippen molar-refractivity contribution in [3.8, 4) is 45.6 Å². The molecule has 0 aromatic heterocycles. The molecule has 11 nitrogen and oxygen atoms in total. The molecule has 0 spiro atoms. The number of carbonyl (C=O) groups is 2. The molecule has 1 N–H and O–H groups in total. The van der Waals surface area contributed by atoms with Gasteiger partial charge >= 0.3 is 11.9 Å². The standard InChI is InChI=1S/C32H34O11/c1-16-25(42-17(2)33)19-13-22-27(41-15-40-22)29(39-7)23(19)24-20(14-21(36-4)26(37-5)28(24)38-6)30(32(16,3)35)43-31(34)18-11-9-8-10-12-18/h8-14,16,25,30,35H,15H2,1-7H3/t16-,25-,30+,32-/m1/s1. The Morgan fingerprint density at radius 1 is 0.860 bits per heavy atom. The average Bonchev–Trinajstić information content (AvgIpc) is 3.48. The number of carbonyl (C=O) groups excluding carboxylic acids is 2. The molecule has 3 aromatic carbocycles. The second-order valence-corrected chi connectivity index (χ2v) is 10.4. The van der Waals surface area contributed by atoms with Crippen LogP contribution in [-0.4, -0.2) is 57.9 Å². The first-order valence-corrected chi connectivity index (χ1v) is 13.6. The van der Waals surface area contributed by atoms with E-state index >= 15 is 0 Å². The molecule has 228 valence electrons. The van der Waals surface area contributed by atoms with Crippen molar-refractivity contribution in [2.24, 2.45) is 5.92 Å². The smallest absolute Gasteiger partial charge is 0.338 e. The predicted octanol–water partition coefficient (Wildman–Crippen LogP) is 5.02. The highest BCUT2D eigenvalue weighted by atomic mass is 16.7. The SMILES string of the molecule is COc1cc2c(c(OC)c1OC)-c1c(cc3c(c1OC)OCO3)[C@H](OC(C)=O)[C@@H](C)[C@@](C)(O)[C@H]2OC(=O)c1ccccc1. The van der Waals surface area contributed by atoms with Gasteiger partial charge in [0, 0.05) is 35.1 Å². The second kappa shape index (κ2) is 11.6. The van der Waals surface area contributed by atoms with Crippen LogP contribution in [0.5, 0.6) is 34.5 Å². The lowest BCUT2D eigenvalue weighted by Crippen LogP contribution is -2.46. The van der Waals surface area contributed by atoms with Gasteiger partial charge in [-0.25, -0.2) is 4.79 Å². The summed E-state index contributed by atoms with van der Waals surface area (Å²) in [5, 5.41) is 12.4. The zero-order valence-electron chi connectivity index (χ0n) is 25.0. The zero-order chi connectivity index (χ0) is 31.1. The minimum absolute atomic E-state index is 0.0622. The average molecular weight is 595 g/mol. The van der Waals surface area contributed by atoms with Gasteiger partial charge in [0.05, 0.1) is 34.0 Å². The van der Waals surface area contributed by atoms with Crippen LogP contribution in [0.15, 0.2) is 42.5 Å². The predicted molar refractivity (Wildman–Crippen MR) is 153 cm³/mol. The largest absolute Gasteiger partial charge is 0.493 e. The van der Waals surface area contributed by atoms with Crippen molar-refractivity contribution < 1.29 is 52.6 Å². The number of benzene rings is 3. The topological polar surface area (TPSA) is 128 Å². The summed E-state index contributed by atoms with van der Waals surface area (Å²) in [5.74, 6) is -0.467. The molecule has 0 saturated heterocycles. The first-order valence-electron chi connectivity index (χ1n) is 13.6. The second-order valence-electron chi connectivity index (χ2n) is 10.4. The molecule has 1 aliphatic heterocycles. The summed E-state index contributed by atoms with van der Waals surface area (Å²) < 4.78 is 46.8. The lowest BCUT2D eigenvalue weighted by atomic mass is 9.71. The van der Waals surface area contributed by atoms with Gasteiger partial charge in [0.25, 0.3) is 0 Å². The van der Waals surface area contributed by atoms with Crippen molar-refractivity contribution in [1.29, 1.82) is 0 Å². The van der Waals surface area contributed by atoms with Gasteiger partial charge in [0.1, 0.15) is 11.7 Å². The quantitative estimate of drug-likeness (QED) is 0.370. The van der Waals surface area contributed by atoms with Gasteiger partial charge in [-0.3, -0.25) is 4.79 Å². The summed E-state index contributed by atoms with van der Waals surface area (Å²) in [4.78, 5) is 26.1. The first-order chi connectivity index (χ1) is 20.6. The van der Waals surface area contributed by atoms with Crippen LogP contribution in [-0.2, 0) is 14.3 Å². The fraction of sp³-hybridized carbons (Fsp3) is 0.375. The third kappa shape index (κ3) is 4.93. The number of methoxy groups -OCH3 is 4. The Morgan fingerprint density at radius 2 is 1.51 bits per heavy atom. The van der Waals surface area contributed by atoms with Gasteiger partial charge < -0.3 is 43.0 Å². The van der Waals surface area contributed by atoms with Crippen LogP contribution in [0.3, 0.4) is 0 Å². The number of esters is 2. The van der Waals surface area contributed by atoms with Gasteiger partial charge in [0.15, 0.2) is 29.1 Å². The van der Waals surface area contributed by atoms with Crippen molar-refractivity contribution in [1.82, 2.24) is 0 Å². The summed E-state index contributed by atoms with van der Waals surface area (Å²) in [5.41, 5.74) is -0.0149. The molecule has 0 unspecified atom stereocenters. The van der Waals surface area contributed by atoms with E-state index in [0.29, 0.717) is 33.8 Å². The monoisotopic (exact) mass is 594 g/mol. The van der Waals surface area contributed by atoms with E-state index < -0.39 is 35.7 Å². The number of fused-ring (bicyclic) bond motifs is 4. The molecule has 2 aliphatic rings. The normalized spacial score (nSPS) is 21.8. The molecule has 3 aromatic rings. The van der Waals surface area contributed by atoms with E-state index in [-0.39, 0.29) is 35.4 Å². The summed E-state index contributed by atoms with van der Waals surface area (Å²) in [6.07, 6.45) is -2.39. The van der Waals surface area contributed by atoms with Crippen molar-refractivity contribution >= 4 is 11.9 Å². The van der Waals surface area contributed by atoms with Gasteiger partial charge in [-0.1, -0.05) is 25.1 Å². The van der Waals surface area contributed by atoms with Gasteiger partial charge in [-0.15, -0.1) is 0 Å². The van der Waals surface area contributed by atoms with Crippen LogP contribution >= 0.6 is 0 Å². The first kappa shape index (κ1) is 29.8. The van der Waals surface area contributed by atoms with Gasteiger partial charge in [0.2, 0.25) is 18.3 Å². The molecule has 43 heavy (non-hydrogen) atoms. The maximum atomic E-state index is 13.6. The number of ether oxygens (including phenoxy) is 8. The van der Waals surface area contributed by atoms with E-state index in [1.165, 1.54) is 42.3 Å². The third-order valence-electron chi connectivity index (χ3n) is 7.99. The Balaban J connectivity index is 1.93. The number of hydrogen-bond acceptors (Lipinski definition) is 11. The highest BCUT2D eigenvalue weighted by Crippen LogP contribution is 2.61. The maximum absolute atomic E-state index is 13.6. The number of rotatable bonds is 7. The highest BCUT2D eigenvalue weighted by Gasteiger charge is 2.51. The molecule has 1 aliphatic carbocycles. The van der Waals surface area contributed by atoms with Crippen molar-refractivity contribution in [2.75, 3.05) is 35.2 Å². The van der Waals surface area contributed by atoms with Crippen LogP contribution in [0, 0.1) is 5.92 Å². The molecule has 0 bridgehead atoms. The lowest BCUT2D eigenvalue weighted by Gasteiger charge is -2.43. The highest BCUT2D eigenvalue weighted by molar-refractivity contribution is 5.92. The van der Waals surface area contributed by atoms with Crippen molar-refractivity contribution in [3.63, 3.8) is 0 Å². The summed E-state index contributed by atoms with van der Waals surface area (Å²) >= 11 is 0. The Morgan fingerprint density at radius 3 is 2.12 bits per heavy atom.